The zero-order valence-electron chi connectivity index (χ0n) is 11.2. The van der Waals surface area contributed by atoms with Crippen LogP contribution >= 0.6 is 0 Å². The van der Waals surface area contributed by atoms with Crippen LogP contribution in [-0.4, -0.2) is 23.9 Å². The Hall–Kier alpha value is -0.0800. The predicted molar refractivity (Wildman–Crippen MR) is 70.0 cm³/mol. The molecule has 0 aliphatic heterocycles. The van der Waals surface area contributed by atoms with Crippen molar-refractivity contribution in [1.29, 1.82) is 0 Å². The number of unbranched alkanes of at least 4 members (excludes halogenated alkanes) is 2. The number of rotatable bonds is 5. The largest absolute Gasteiger partial charge is 0.393 e. The van der Waals surface area contributed by atoms with E-state index in [2.05, 4.69) is 6.92 Å². The van der Waals surface area contributed by atoms with Crippen LogP contribution in [0.3, 0.4) is 0 Å². The molecule has 2 saturated carbocycles. The zero-order valence-corrected chi connectivity index (χ0v) is 11.2. The predicted octanol–water partition coefficient (Wildman–Crippen LogP) is 3.52. The first-order chi connectivity index (χ1) is 8.31. The highest BCUT2D eigenvalue weighted by atomic mass is 16.5. The third kappa shape index (κ3) is 3.69. The Morgan fingerprint density at radius 1 is 1.12 bits per heavy atom. The van der Waals surface area contributed by atoms with Gasteiger partial charge in [0, 0.05) is 6.61 Å². The van der Waals surface area contributed by atoms with E-state index < -0.39 is 0 Å². The van der Waals surface area contributed by atoms with E-state index in [-0.39, 0.29) is 6.10 Å². The van der Waals surface area contributed by atoms with Gasteiger partial charge in [0.2, 0.25) is 0 Å². The van der Waals surface area contributed by atoms with Crippen molar-refractivity contribution in [3.05, 3.63) is 0 Å². The molecule has 2 heteroatoms. The lowest BCUT2D eigenvalue weighted by Crippen LogP contribution is -2.40. The van der Waals surface area contributed by atoms with E-state index >= 15 is 0 Å². The van der Waals surface area contributed by atoms with Crippen molar-refractivity contribution < 1.29 is 9.84 Å². The van der Waals surface area contributed by atoms with Crippen molar-refractivity contribution in [2.24, 2.45) is 11.8 Å². The van der Waals surface area contributed by atoms with Gasteiger partial charge in [0.05, 0.1) is 12.2 Å². The minimum atomic E-state index is -0.0323. The third-order valence-corrected chi connectivity index (χ3v) is 4.63. The maximum atomic E-state index is 9.74. The van der Waals surface area contributed by atoms with Crippen LogP contribution in [0.1, 0.15) is 64.7 Å². The Balaban J connectivity index is 1.77. The summed E-state index contributed by atoms with van der Waals surface area (Å²) in [7, 11) is 0. The molecule has 0 aromatic heterocycles. The molecule has 0 bridgehead atoms. The molecule has 0 aromatic rings. The topological polar surface area (TPSA) is 29.5 Å². The van der Waals surface area contributed by atoms with Crippen LogP contribution in [0.15, 0.2) is 0 Å². The van der Waals surface area contributed by atoms with Gasteiger partial charge in [-0.3, -0.25) is 0 Å². The second kappa shape index (κ2) is 6.75. The van der Waals surface area contributed by atoms with Crippen molar-refractivity contribution in [2.75, 3.05) is 6.61 Å². The molecule has 0 spiro atoms. The van der Waals surface area contributed by atoms with Crippen molar-refractivity contribution in [3.63, 3.8) is 0 Å². The Kier molecular flexibility index (Phi) is 5.30. The van der Waals surface area contributed by atoms with Crippen LogP contribution in [0.25, 0.3) is 0 Å². The number of hydrogen-bond donors (Lipinski definition) is 1. The molecule has 0 amide bonds. The van der Waals surface area contributed by atoms with Gasteiger partial charge in [-0.2, -0.15) is 0 Å². The van der Waals surface area contributed by atoms with Crippen molar-refractivity contribution in [2.45, 2.75) is 76.9 Å². The van der Waals surface area contributed by atoms with Gasteiger partial charge in [-0.1, -0.05) is 26.2 Å². The van der Waals surface area contributed by atoms with Crippen LogP contribution < -0.4 is 0 Å². The summed E-state index contributed by atoms with van der Waals surface area (Å²) in [5.41, 5.74) is 0. The number of fused-ring (bicyclic) bond motifs is 1. The maximum absolute atomic E-state index is 9.74. The average molecular weight is 240 g/mol. The van der Waals surface area contributed by atoms with Crippen LogP contribution in [0.4, 0.5) is 0 Å². The van der Waals surface area contributed by atoms with Crippen molar-refractivity contribution in [3.8, 4) is 0 Å². The van der Waals surface area contributed by atoms with E-state index in [4.69, 9.17) is 4.74 Å². The van der Waals surface area contributed by atoms with E-state index in [0.29, 0.717) is 6.10 Å². The van der Waals surface area contributed by atoms with Gasteiger partial charge in [0.15, 0.2) is 0 Å². The zero-order chi connectivity index (χ0) is 12.1. The van der Waals surface area contributed by atoms with E-state index in [9.17, 15) is 5.11 Å². The van der Waals surface area contributed by atoms with Crippen molar-refractivity contribution in [1.82, 2.24) is 0 Å². The summed E-state index contributed by atoms with van der Waals surface area (Å²) in [6.45, 7) is 3.18. The molecule has 17 heavy (non-hydrogen) atoms. The second-order valence-corrected chi connectivity index (χ2v) is 5.94. The number of aliphatic hydroxyl groups excluding tert-OH is 1. The first kappa shape index (κ1) is 13.4. The lowest BCUT2D eigenvalue weighted by atomic mass is 9.68. The molecule has 2 aliphatic carbocycles. The molecule has 100 valence electrons. The van der Waals surface area contributed by atoms with Crippen LogP contribution in [0, 0.1) is 11.8 Å². The van der Waals surface area contributed by atoms with E-state index in [1.807, 2.05) is 0 Å². The Labute approximate surface area is 106 Å². The lowest BCUT2D eigenvalue weighted by molar-refractivity contribution is -0.0664. The van der Waals surface area contributed by atoms with E-state index in [1.54, 1.807) is 0 Å². The molecule has 0 saturated heterocycles. The van der Waals surface area contributed by atoms with E-state index in [1.165, 1.54) is 44.9 Å². The fraction of sp³-hybridized carbons (Fsp3) is 1.00. The summed E-state index contributed by atoms with van der Waals surface area (Å²) in [5.74, 6) is 1.48. The molecule has 0 aromatic carbocycles. The van der Waals surface area contributed by atoms with Crippen molar-refractivity contribution >= 4 is 0 Å². The molecule has 0 radical (unpaired) electrons. The van der Waals surface area contributed by atoms with E-state index in [0.717, 1.165) is 31.3 Å². The summed E-state index contributed by atoms with van der Waals surface area (Å²) in [5, 5.41) is 9.74. The highest BCUT2D eigenvalue weighted by Gasteiger charge is 2.37. The standard InChI is InChI=1S/C15H28O2/c1-2-3-4-10-17-15-7-5-6-12-11-13(16)8-9-14(12)15/h12-16H,2-11H2,1H3. The van der Waals surface area contributed by atoms with Crippen LogP contribution in [0.2, 0.25) is 0 Å². The molecule has 2 rings (SSSR count). The minimum Gasteiger partial charge on any atom is -0.393 e. The smallest absolute Gasteiger partial charge is 0.0605 e. The monoisotopic (exact) mass is 240 g/mol. The Morgan fingerprint density at radius 2 is 2.00 bits per heavy atom. The summed E-state index contributed by atoms with van der Waals surface area (Å²) in [6, 6.07) is 0. The molecule has 2 fully saturated rings. The number of aliphatic hydroxyl groups is 1. The van der Waals surface area contributed by atoms with Gasteiger partial charge in [0.1, 0.15) is 0 Å². The number of hydrogen-bond acceptors (Lipinski definition) is 2. The first-order valence-corrected chi connectivity index (χ1v) is 7.61. The molecular weight excluding hydrogens is 212 g/mol. The molecule has 4 atom stereocenters. The fourth-order valence-corrected chi connectivity index (χ4v) is 3.67. The normalized spacial score (nSPS) is 37.8. The Bertz CT molecular complexity index is 217. The summed E-state index contributed by atoms with van der Waals surface area (Å²) in [6.07, 6.45) is 11.3. The van der Waals surface area contributed by atoms with Crippen LogP contribution in [0.5, 0.6) is 0 Å². The molecule has 2 aliphatic rings. The highest BCUT2D eigenvalue weighted by molar-refractivity contribution is 4.88. The third-order valence-electron chi connectivity index (χ3n) is 4.63. The van der Waals surface area contributed by atoms with Crippen LogP contribution in [-0.2, 0) is 4.74 Å². The van der Waals surface area contributed by atoms with Gasteiger partial charge in [-0.25, -0.2) is 0 Å². The summed E-state index contributed by atoms with van der Waals surface area (Å²) in [4.78, 5) is 0. The van der Waals surface area contributed by atoms with Gasteiger partial charge in [0.25, 0.3) is 0 Å². The van der Waals surface area contributed by atoms with Gasteiger partial charge < -0.3 is 9.84 Å². The lowest BCUT2D eigenvalue weighted by Gasteiger charge is -2.42. The average Bonchev–Trinajstić information content (AvgIpc) is 2.34. The molecule has 4 unspecified atom stereocenters. The second-order valence-electron chi connectivity index (χ2n) is 5.94. The molecule has 2 nitrogen and oxygen atoms in total. The Morgan fingerprint density at radius 3 is 2.82 bits per heavy atom. The first-order valence-electron chi connectivity index (χ1n) is 7.61. The van der Waals surface area contributed by atoms with Gasteiger partial charge in [-0.15, -0.1) is 0 Å². The quantitative estimate of drug-likeness (QED) is 0.745. The highest BCUT2D eigenvalue weighted by Crippen LogP contribution is 2.41. The summed E-state index contributed by atoms with van der Waals surface area (Å²) < 4.78 is 6.11. The molecule has 1 N–H and O–H groups in total. The fourth-order valence-electron chi connectivity index (χ4n) is 3.67. The summed E-state index contributed by atoms with van der Waals surface area (Å²) >= 11 is 0. The molecular formula is C15H28O2. The number of ether oxygens (including phenoxy) is 1. The molecule has 0 heterocycles. The SMILES string of the molecule is CCCCCOC1CCCC2CC(O)CCC21. The van der Waals surface area contributed by atoms with Gasteiger partial charge >= 0.3 is 0 Å². The van der Waals surface area contributed by atoms with Gasteiger partial charge in [-0.05, 0) is 50.4 Å². The minimum absolute atomic E-state index is 0.0323. The maximum Gasteiger partial charge on any atom is 0.0605 e.